The van der Waals surface area contributed by atoms with E-state index in [1.54, 1.807) is 50.2 Å². The van der Waals surface area contributed by atoms with Crippen LogP contribution in [0.5, 0.6) is 5.75 Å². The number of nitrogens with one attached hydrogen (secondary N) is 1. The largest absolute Gasteiger partial charge is 0.462 e. The van der Waals surface area contributed by atoms with E-state index in [1.165, 1.54) is 12.1 Å². The van der Waals surface area contributed by atoms with E-state index in [0.717, 1.165) is 11.1 Å². The molecule has 33 heavy (non-hydrogen) atoms. The summed E-state index contributed by atoms with van der Waals surface area (Å²) in [6.07, 6.45) is -0.239. The van der Waals surface area contributed by atoms with Crippen LogP contribution in [0.25, 0.3) is 0 Å². The average Bonchev–Trinajstić information content (AvgIpc) is 2.78. The van der Waals surface area contributed by atoms with Crippen LogP contribution >= 0.6 is 0 Å². The van der Waals surface area contributed by atoms with Gasteiger partial charge in [0, 0.05) is 13.1 Å². The van der Waals surface area contributed by atoms with Gasteiger partial charge in [-0.1, -0.05) is 60.2 Å². The summed E-state index contributed by atoms with van der Waals surface area (Å²) in [5.41, 5.74) is 2.78. The molecule has 0 saturated carbocycles. The third-order valence-electron chi connectivity index (χ3n) is 4.95. The molecule has 0 heterocycles. The summed E-state index contributed by atoms with van der Waals surface area (Å²) in [7, 11) is -3.94. The Bertz CT molecular complexity index is 1140. The molecule has 1 atom stereocenters. The van der Waals surface area contributed by atoms with Crippen molar-refractivity contribution in [3.63, 3.8) is 0 Å². The number of aryl methyl sites for hydroxylation is 1. The molecule has 0 bridgehead atoms. The summed E-state index contributed by atoms with van der Waals surface area (Å²) in [4.78, 5) is 12.8. The molecule has 1 unspecified atom stereocenters. The van der Waals surface area contributed by atoms with Crippen molar-refractivity contribution >= 4 is 16.1 Å². The van der Waals surface area contributed by atoms with E-state index in [4.69, 9.17) is 8.92 Å². The van der Waals surface area contributed by atoms with Gasteiger partial charge in [0.05, 0.1) is 12.0 Å². The summed E-state index contributed by atoms with van der Waals surface area (Å²) in [5.74, 6) is -0.710. The summed E-state index contributed by atoms with van der Waals surface area (Å²) in [5, 5.41) is 3.31. The summed E-state index contributed by atoms with van der Waals surface area (Å²) in [6, 6.07) is 22.8. The molecule has 1 N–H and O–H groups in total. The average molecular weight is 468 g/mol. The molecule has 3 aromatic carbocycles. The fraction of sp³-hybridized carbons (Fsp3) is 0.269. The molecule has 0 amide bonds. The first-order valence-corrected chi connectivity index (χ1v) is 12.2. The molecule has 0 aliphatic carbocycles. The molecule has 6 nitrogen and oxygen atoms in total. The van der Waals surface area contributed by atoms with Crippen LogP contribution in [0.1, 0.15) is 36.5 Å². The molecule has 0 radical (unpaired) electrons. The molecule has 0 spiro atoms. The van der Waals surface area contributed by atoms with Crippen molar-refractivity contribution in [1.82, 2.24) is 5.32 Å². The Labute approximate surface area is 195 Å². The van der Waals surface area contributed by atoms with Gasteiger partial charge in [0.2, 0.25) is 0 Å². The maximum atomic E-state index is 12.7. The molecule has 0 aliphatic rings. The first-order valence-electron chi connectivity index (χ1n) is 10.8. The van der Waals surface area contributed by atoms with Crippen molar-refractivity contribution in [3.8, 4) is 5.75 Å². The first kappa shape index (κ1) is 24.5. The van der Waals surface area contributed by atoms with Gasteiger partial charge < -0.3 is 14.2 Å². The smallest absolute Gasteiger partial charge is 0.339 e. The van der Waals surface area contributed by atoms with E-state index < -0.39 is 16.0 Å². The number of benzene rings is 3. The lowest BCUT2D eigenvalue weighted by atomic mass is 9.99. The number of esters is 1. The quantitative estimate of drug-likeness (QED) is 0.347. The molecule has 3 aromatic rings. The maximum absolute atomic E-state index is 12.7. The van der Waals surface area contributed by atoms with Crippen LogP contribution in [0.4, 0.5) is 0 Å². The second-order valence-electron chi connectivity index (χ2n) is 8.07. The van der Waals surface area contributed by atoms with E-state index in [1.807, 2.05) is 37.3 Å². The highest BCUT2D eigenvalue weighted by Crippen LogP contribution is 2.24. The van der Waals surface area contributed by atoms with Crippen molar-refractivity contribution in [1.29, 1.82) is 0 Å². The Morgan fingerprint density at radius 1 is 0.909 bits per heavy atom. The van der Waals surface area contributed by atoms with Gasteiger partial charge in [-0.3, -0.25) is 4.79 Å². The van der Waals surface area contributed by atoms with Gasteiger partial charge in [0.1, 0.15) is 10.6 Å². The lowest BCUT2D eigenvalue weighted by molar-refractivity contribution is -0.149. The van der Waals surface area contributed by atoms with E-state index in [2.05, 4.69) is 5.32 Å². The number of hydrogen-bond acceptors (Lipinski definition) is 6. The zero-order valence-electron chi connectivity index (χ0n) is 19.0. The second kappa shape index (κ2) is 11.1. The fourth-order valence-electron chi connectivity index (χ4n) is 3.24. The van der Waals surface area contributed by atoms with Crippen molar-refractivity contribution in [3.05, 3.63) is 95.6 Å². The summed E-state index contributed by atoms with van der Waals surface area (Å²) in [6.45, 7) is 6.48. The standard InChI is InChI=1S/C26H29NO5S/c1-19(2)31-26(28)25(18-27-17-21-7-5-4-6-8-21)22-11-13-23(14-12-22)32-33(29,30)24-15-9-20(3)10-16-24/h4-16,19,25,27H,17-18H2,1-3H3. The predicted molar refractivity (Wildman–Crippen MR) is 128 cm³/mol. The van der Waals surface area contributed by atoms with E-state index in [0.29, 0.717) is 18.7 Å². The van der Waals surface area contributed by atoms with Gasteiger partial charge in [0.25, 0.3) is 0 Å². The van der Waals surface area contributed by atoms with Gasteiger partial charge in [-0.15, -0.1) is 0 Å². The first-order chi connectivity index (χ1) is 15.7. The lowest BCUT2D eigenvalue weighted by Gasteiger charge is -2.19. The van der Waals surface area contributed by atoms with Crippen LogP contribution in [0.15, 0.2) is 83.8 Å². The topological polar surface area (TPSA) is 81.7 Å². The van der Waals surface area contributed by atoms with Crippen molar-refractivity contribution in [2.75, 3.05) is 6.54 Å². The van der Waals surface area contributed by atoms with Gasteiger partial charge in [-0.05, 0) is 56.2 Å². The molecular weight excluding hydrogens is 438 g/mol. The van der Waals surface area contributed by atoms with Gasteiger partial charge in [-0.2, -0.15) is 8.42 Å². The van der Waals surface area contributed by atoms with Crippen molar-refractivity contribution in [2.24, 2.45) is 0 Å². The van der Waals surface area contributed by atoms with Crippen LogP contribution in [0, 0.1) is 6.92 Å². The molecule has 0 fully saturated rings. The van der Waals surface area contributed by atoms with Crippen LogP contribution in [-0.2, 0) is 26.2 Å². The zero-order valence-corrected chi connectivity index (χ0v) is 19.8. The Morgan fingerprint density at radius 3 is 2.15 bits per heavy atom. The second-order valence-corrected chi connectivity index (χ2v) is 9.62. The van der Waals surface area contributed by atoms with Crippen molar-refractivity contribution in [2.45, 2.75) is 44.2 Å². The highest BCUT2D eigenvalue weighted by molar-refractivity contribution is 7.87. The molecule has 0 saturated heterocycles. The lowest BCUT2D eigenvalue weighted by Crippen LogP contribution is -2.29. The molecular formula is C26H29NO5S. The zero-order chi connectivity index (χ0) is 23.8. The van der Waals surface area contributed by atoms with Gasteiger partial charge in [0.15, 0.2) is 0 Å². The van der Waals surface area contributed by atoms with Gasteiger partial charge >= 0.3 is 16.1 Å². The Kier molecular flexibility index (Phi) is 8.25. The monoisotopic (exact) mass is 467 g/mol. The van der Waals surface area contributed by atoms with Crippen LogP contribution in [-0.4, -0.2) is 27.0 Å². The third kappa shape index (κ3) is 7.17. The van der Waals surface area contributed by atoms with E-state index >= 15 is 0 Å². The Morgan fingerprint density at radius 2 is 1.55 bits per heavy atom. The third-order valence-corrected chi connectivity index (χ3v) is 6.22. The van der Waals surface area contributed by atoms with Crippen molar-refractivity contribution < 1.29 is 22.1 Å². The van der Waals surface area contributed by atoms with Crippen LogP contribution < -0.4 is 9.50 Å². The summed E-state index contributed by atoms with van der Waals surface area (Å²) < 4.78 is 35.8. The maximum Gasteiger partial charge on any atom is 0.339 e. The van der Waals surface area contributed by atoms with Gasteiger partial charge in [-0.25, -0.2) is 0 Å². The highest BCUT2D eigenvalue weighted by Gasteiger charge is 2.24. The van der Waals surface area contributed by atoms with Crippen LogP contribution in [0.3, 0.4) is 0 Å². The normalized spacial score (nSPS) is 12.4. The summed E-state index contributed by atoms with van der Waals surface area (Å²) >= 11 is 0. The Balaban J connectivity index is 1.72. The fourth-order valence-corrected chi connectivity index (χ4v) is 4.17. The molecule has 174 valence electrons. The number of hydrogen-bond donors (Lipinski definition) is 1. The number of ether oxygens (including phenoxy) is 1. The number of carbonyl (C=O) groups excluding carboxylic acids is 1. The van der Waals surface area contributed by atoms with E-state index in [-0.39, 0.29) is 22.7 Å². The SMILES string of the molecule is Cc1ccc(S(=O)(=O)Oc2ccc(C(CNCc3ccccc3)C(=O)OC(C)C)cc2)cc1. The molecule has 7 heteroatoms. The van der Waals surface area contributed by atoms with Crippen LogP contribution in [0.2, 0.25) is 0 Å². The Hall–Kier alpha value is -3.16. The molecule has 3 rings (SSSR count). The van der Waals surface area contributed by atoms with E-state index in [9.17, 15) is 13.2 Å². The number of carbonyl (C=O) groups is 1. The minimum atomic E-state index is -3.94. The molecule has 0 aliphatic heterocycles. The minimum Gasteiger partial charge on any atom is -0.462 e. The number of rotatable bonds is 10. The molecule has 0 aromatic heterocycles. The highest BCUT2D eigenvalue weighted by atomic mass is 32.2. The minimum absolute atomic E-state index is 0.0840. The predicted octanol–water partition coefficient (Wildman–Crippen LogP) is 4.59.